The number of rotatable bonds is 15. The van der Waals surface area contributed by atoms with Gasteiger partial charge in [-0.2, -0.15) is 18.3 Å². The molecule has 3 heterocycles. The Morgan fingerprint density at radius 3 is 1.58 bits per heavy atom. The molecule has 0 atom stereocenters. The monoisotopic (exact) mass is 1490 g/mol. The zero-order chi connectivity index (χ0) is 70.3. The van der Waals surface area contributed by atoms with Gasteiger partial charge in [-0.3, -0.25) is 14.3 Å². The molecule has 5 N–H and O–H groups in total. The maximum Gasteiger partial charge on any atom is 0.434 e. The maximum atomic E-state index is 13.1. The van der Waals surface area contributed by atoms with Crippen molar-refractivity contribution in [1.29, 1.82) is 0 Å². The first-order valence-electron chi connectivity index (χ1n) is 27.5. The van der Waals surface area contributed by atoms with Gasteiger partial charge in [0.25, 0.3) is 6.43 Å². The third-order valence-corrected chi connectivity index (χ3v) is 20.4. The van der Waals surface area contributed by atoms with Gasteiger partial charge in [0.2, 0.25) is 30.1 Å². The highest BCUT2D eigenvalue weighted by Gasteiger charge is 2.35. The van der Waals surface area contributed by atoms with Gasteiger partial charge in [-0.15, -0.1) is 0 Å². The summed E-state index contributed by atoms with van der Waals surface area (Å²) >= 11 is 18.9. The molecule has 96 heavy (non-hydrogen) atoms. The van der Waals surface area contributed by atoms with E-state index in [1.807, 2.05) is 12.1 Å². The molecule has 11 rings (SSSR count). The van der Waals surface area contributed by atoms with Crippen molar-refractivity contribution in [2.24, 2.45) is 10.3 Å². The predicted octanol–water partition coefficient (Wildman–Crippen LogP) is 14.6. The lowest BCUT2D eigenvalue weighted by molar-refractivity contribution is -0.140. The van der Waals surface area contributed by atoms with Crippen LogP contribution in [0, 0.1) is 5.82 Å². The Bertz CT molecular complexity index is 5100. The van der Waals surface area contributed by atoms with Crippen molar-refractivity contribution in [3.05, 3.63) is 238 Å². The van der Waals surface area contributed by atoms with E-state index < -0.39 is 68.0 Å². The van der Waals surface area contributed by atoms with Crippen LogP contribution in [0.5, 0.6) is 0 Å². The number of anilines is 1. The van der Waals surface area contributed by atoms with Crippen LogP contribution in [0.15, 0.2) is 224 Å². The number of aromatic nitrogens is 5. The topological polar surface area (TPSA) is 283 Å². The number of hydrogen-bond acceptors (Lipinski definition) is 14. The predicted molar refractivity (Wildman–Crippen MR) is 359 cm³/mol. The number of primary sulfonamides is 2. The molecule has 0 amide bonds. The quantitative estimate of drug-likeness (QED) is 0.0805. The summed E-state index contributed by atoms with van der Waals surface area (Å²) in [6, 6.07) is 44.3. The highest BCUT2D eigenvalue weighted by Crippen LogP contribution is 2.42. The second kappa shape index (κ2) is 30.3. The van der Waals surface area contributed by atoms with Crippen LogP contribution in [0.25, 0.3) is 45.2 Å². The molecule has 1 aliphatic rings. The van der Waals surface area contributed by atoms with E-state index in [0.717, 1.165) is 60.9 Å². The van der Waals surface area contributed by atoms with Crippen LogP contribution in [0.4, 0.5) is 32.0 Å². The first-order valence-corrected chi connectivity index (χ1v) is 38.2. The lowest BCUT2D eigenvalue weighted by Gasteiger charge is -2.12. The molecular formula is C63H53Cl3F6N8O10S6. The molecule has 33 heteroatoms. The Hall–Kier alpha value is -7.88. The van der Waals surface area contributed by atoms with Crippen LogP contribution in [-0.4, -0.2) is 85.2 Å². The minimum Gasteiger partial charge on any atom is -0.299 e. The molecule has 18 nitrogen and oxygen atoms in total. The van der Waals surface area contributed by atoms with E-state index in [2.05, 4.69) is 19.8 Å². The lowest BCUT2D eigenvalue weighted by atomic mass is 9.97. The van der Waals surface area contributed by atoms with E-state index in [-0.39, 0.29) is 37.7 Å². The number of allylic oxidation sites excluding steroid dienone is 2. The number of imidazole rings is 1. The number of alkyl halides is 5. The van der Waals surface area contributed by atoms with Crippen molar-refractivity contribution < 1.29 is 68.4 Å². The lowest BCUT2D eigenvalue weighted by Crippen LogP contribution is -2.14. The molecule has 1 aliphatic carbocycles. The average Bonchev–Trinajstić information content (AvgIpc) is 1.59. The zero-order valence-corrected chi connectivity index (χ0v) is 57.2. The number of nitrogens with two attached hydrogens (primary N) is 2. The Morgan fingerprint density at radius 2 is 1.08 bits per heavy atom. The number of halogens is 9. The number of pyridine rings is 1. The van der Waals surface area contributed by atoms with Gasteiger partial charge in [-0.25, -0.2) is 75.2 Å². The number of hydrogen-bond donors (Lipinski definition) is 3. The van der Waals surface area contributed by atoms with Gasteiger partial charge in [-0.05, 0) is 181 Å². The highest BCUT2D eigenvalue weighted by molar-refractivity contribution is 8.00. The first kappa shape index (κ1) is 73.9. The molecule has 504 valence electrons. The summed E-state index contributed by atoms with van der Waals surface area (Å²) in [5.41, 5.74) is 5.57. The van der Waals surface area contributed by atoms with Crippen molar-refractivity contribution >= 4 is 113 Å². The smallest absolute Gasteiger partial charge is 0.299 e. The third kappa shape index (κ3) is 19.9. The largest absolute Gasteiger partial charge is 0.434 e. The van der Waals surface area contributed by atoms with Gasteiger partial charge in [0.15, 0.2) is 25.4 Å². The van der Waals surface area contributed by atoms with Crippen LogP contribution in [0.2, 0.25) is 15.1 Å². The fourth-order valence-corrected chi connectivity index (χ4v) is 13.9. The summed E-state index contributed by atoms with van der Waals surface area (Å²) in [6.07, 6.45) is 2.69. The van der Waals surface area contributed by atoms with E-state index in [1.165, 1.54) is 130 Å². The summed E-state index contributed by atoms with van der Waals surface area (Å²) in [5.74, 6) is -0.172. The van der Waals surface area contributed by atoms with Gasteiger partial charge in [0.1, 0.15) is 17.3 Å². The van der Waals surface area contributed by atoms with E-state index in [4.69, 9.17) is 45.1 Å². The van der Waals surface area contributed by atoms with Crippen molar-refractivity contribution in [2.75, 3.05) is 23.5 Å². The summed E-state index contributed by atoms with van der Waals surface area (Å²) in [7, 11) is -17.9. The molecule has 0 aliphatic heterocycles. The average molecular weight is 1490 g/mol. The summed E-state index contributed by atoms with van der Waals surface area (Å²) < 4.78 is 198. The molecule has 10 aromatic rings. The van der Waals surface area contributed by atoms with Gasteiger partial charge in [0.05, 0.1) is 47.9 Å². The van der Waals surface area contributed by atoms with Gasteiger partial charge >= 0.3 is 6.18 Å². The normalized spacial score (nSPS) is 12.9. The van der Waals surface area contributed by atoms with E-state index in [1.54, 1.807) is 72.8 Å². The fraction of sp³-hybridized carbons (Fsp3) is 0.127. The Balaban J connectivity index is 0.000000164. The molecule has 0 bridgehead atoms. The van der Waals surface area contributed by atoms with Crippen molar-refractivity contribution in [2.45, 2.75) is 61.2 Å². The number of nitrogens with one attached hydrogen (secondary N) is 1. The van der Waals surface area contributed by atoms with Crippen LogP contribution in [0.1, 0.15) is 48.2 Å². The zero-order valence-electron chi connectivity index (χ0n) is 50.0. The highest BCUT2D eigenvalue weighted by atomic mass is 35.5. The third-order valence-electron chi connectivity index (χ3n) is 13.7. The second-order valence-corrected chi connectivity index (χ2v) is 32.2. The minimum atomic E-state index is -4.60. The number of benzene rings is 7. The molecule has 0 radical (unpaired) electrons. The van der Waals surface area contributed by atoms with Crippen LogP contribution >= 0.6 is 46.6 Å². The minimum absolute atomic E-state index is 0.0625. The van der Waals surface area contributed by atoms with Crippen LogP contribution < -0.4 is 15.0 Å². The van der Waals surface area contributed by atoms with Gasteiger partial charge in [-0.1, -0.05) is 83.0 Å². The first-order chi connectivity index (χ1) is 44.8. The molecular weight excluding hydrogens is 1440 g/mol. The fourth-order valence-electron chi connectivity index (χ4n) is 9.23. The van der Waals surface area contributed by atoms with Crippen molar-refractivity contribution in [3.63, 3.8) is 0 Å². The number of sulfonamides is 3. The molecule has 0 saturated heterocycles. The molecule has 0 saturated carbocycles. The summed E-state index contributed by atoms with van der Waals surface area (Å²) in [5, 5.41) is 15.4. The van der Waals surface area contributed by atoms with E-state index in [0.29, 0.717) is 57.9 Å². The van der Waals surface area contributed by atoms with Crippen LogP contribution in [-0.2, 0) is 55.9 Å². The summed E-state index contributed by atoms with van der Waals surface area (Å²) in [6.45, 7) is 0. The van der Waals surface area contributed by atoms with Crippen molar-refractivity contribution in [1.82, 2.24) is 24.3 Å². The van der Waals surface area contributed by atoms with Gasteiger partial charge < -0.3 is 0 Å². The number of sulfone groups is 2. The Morgan fingerprint density at radius 1 is 0.573 bits per heavy atom. The van der Waals surface area contributed by atoms with Crippen molar-refractivity contribution in [3.8, 4) is 34.0 Å². The number of nitrogens with zero attached hydrogens (tertiary/aromatic N) is 5. The molecule has 0 spiro atoms. The van der Waals surface area contributed by atoms with Gasteiger partial charge in [0, 0.05) is 67.8 Å². The Labute approximate surface area is 568 Å². The Kier molecular flexibility index (Phi) is 23.3. The molecule has 0 unspecified atom stereocenters. The maximum absolute atomic E-state index is 13.1. The SMILES string of the molecule is CS(=O)(=O)Nc1ccc(S(N)(=O)=O)cc1Sc1ccc(Cl)cc1Cl.CS(=O)(=O)c1ccc(-n2cc(C(F)(F)F)nc2-c2cccnc2)cc1.CS(=O)(=O)c1ccc(C2=C(c3ccc(F)cc3)CCC2)cc1.NS(=O)(=O)c1ccc(-n2nc(C(F)F)cc2-c2ccc(Cl)cc2)cc1. The molecule has 0 fully saturated rings. The van der Waals surface area contributed by atoms with Crippen LogP contribution in [0.3, 0.4) is 0 Å². The molecule has 7 aromatic carbocycles. The van der Waals surface area contributed by atoms with E-state index >= 15 is 0 Å². The second-order valence-electron chi connectivity index (χ2n) is 20.9. The molecule has 3 aromatic heterocycles. The van der Waals surface area contributed by atoms with E-state index in [9.17, 15) is 68.4 Å². The standard InChI is InChI=1S/C18H17FO2S.C16H12ClF2N3O2S.C16H12F3N3O2S.C13H12Cl2N2O4S3/c1-22(20,21)16-11-7-14(8-12-16)18-4-2-3-17(18)13-5-9-15(19)10-6-13;17-11-3-1-10(2-4-11)15-9-14(16(18)19)21-22(15)12-5-7-13(8-6-12)25(20,23)24;1-25(23,24)13-6-4-12(5-7-13)22-10-14(16(17,18)19)21-15(22)11-3-2-8-20-9-11;1-23(18,19)17-11-4-3-9(24(16,20)21)7-13(11)22-12-5-2-8(14)6-10(12)15/h5-12H,2-4H2,1H3;1-9,16H,(H2,20,23,24);2-10H,1H3;2-7,17H,1H3,(H2,16,20,21). The summed E-state index contributed by atoms with van der Waals surface area (Å²) in [4.78, 5) is 8.67.